The number of benzene rings is 2. The summed E-state index contributed by atoms with van der Waals surface area (Å²) in [5, 5.41) is 2.80. The second kappa shape index (κ2) is 10.8. The molecule has 0 aromatic heterocycles. The normalized spacial score (nSPS) is 13.3. The van der Waals surface area contributed by atoms with Crippen LogP contribution in [0.4, 0.5) is 0 Å². The number of rotatable bonds is 10. The molecule has 0 aliphatic rings. The van der Waals surface area contributed by atoms with Gasteiger partial charge in [0.15, 0.2) is 15.9 Å². The Kier molecular flexibility index (Phi) is 8.39. The average molecular weight is 418 g/mol. The molecule has 0 radical (unpaired) electrons. The van der Waals surface area contributed by atoms with E-state index in [4.69, 9.17) is 4.74 Å². The van der Waals surface area contributed by atoms with Gasteiger partial charge in [-0.15, -0.1) is 0 Å². The van der Waals surface area contributed by atoms with Crippen LogP contribution in [0.5, 0.6) is 0 Å². The lowest BCUT2D eigenvalue weighted by atomic mass is 9.96. The number of hydrogen-bond donors (Lipinski definition) is 1. The van der Waals surface area contributed by atoms with Crippen LogP contribution in [0.3, 0.4) is 0 Å². The number of ether oxygens (including phenoxy) is 1. The Morgan fingerprint density at radius 1 is 1.00 bits per heavy atom. The zero-order valence-corrected chi connectivity index (χ0v) is 17.5. The van der Waals surface area contributed by atoms with E-state index in [9.17, 15) is 18.0 Å². The zero-order chi connectivity index (χ0) is 21.3. The number of amides is 1. The monoisotopic (exact) mass is 417 g/mol. The molecule has 0 heterocycles. The molecule has 29 heavy (non-hydrogen) atoms. The van der Waals surface area contributed by atoms with Crippen LogP contribution in [-0.4, -0.2) is 38.7 Å². The SMILES string of the molecule is CC[C@H](CNC(=O)[C@H](C)OC(=O)CCS(=O)(=O)c1ccccc1)c1ccccc1. The van der Waals surface area contributed by atoms with Crippen molar-refractivity contribution in [1.82, 2.24) is 5.32 Å². The van der Waals surface area contributed by atoms with Crippen molar-refractivity contribution in [3.63, 3.8) is 0 Å². The average Bonchev–Trinajstić information content (AvgIpc) is 2.74. The number of carbonyl (C=O) groups is 2. The molecule has 0 saturated carbocycles. The quantitative estimate of drug-likeness (QED) is 0.600. The third kappa shape index (κ3) is 7.02. The van der Waals surface area contributed by atoms with Gasteiger partial charge in [-0.25, -0.2) is 8.42 Å². The molecule has 1 N–H and O–H groups in total. The summed E-state index contributed by atoms with van der Waals surface area (Å²) in [7, 11) is -3.57. The van der Waals surface area contributed by atoms with E-state index in [0.717, 1.165) is 12.0 Å². The van der Waals surface area contributed by atoms with Crippen molar-refractivity contribution >= 4 is 21.7 Å². The molecule has 156 valence electrons. The summed E-state index contributed by atoms with van der Waals surface area (Å²) >= 11 is 0. The van der Waals surface area contributed by atoms with Crippen molar-refractivity contribution in [1.29, 1.82) is 0 Å². The highest BCUT2D eigenvalue weighted by atomic mass is 32.2. The third-order valence-electron chi connectivity index (χ3n) is 4.64. The lowest BCUT2D eigenvalue weighted by molar-refractivity contribution is -0.154. The minimum Gasteiger partial charge on any atom is -0.453 e. The van der Waals surface area contributed by atoms with Crippen LogP contribution in [0.1, 0.15) is 38.2 Å². The van der Waals surface area contributed by atoms with Crippen molar-refractivity contribution in [2.45, 2.75) is 43.6 Å². The highest BCUT2D eigenvalue weighted by molar-refractivity contribution is 7.91. The maximum atomic E-state index is 12.2. The molecule has 0 aliphatic heterocycles. The first-order chi connectivity index (χ1) is 13.8. The first-order valence-electron chi connectivity index (χ1n) is 9.63. The fourth-order valence-electron chi connectivity index (χ4n) is 2.86. The highest BCUT2D eigenvalue weighted by Gasteiger charge is 2.21. The van der Waals surface area contributed by atoms with E-state index in [-0.39, 0.29) is 23.0 Å². The van der Waals surface area contributed by atoms with Gasteiger partial charge in [0.2, 0.25) is 0 Å². The lowest BCUT2D eigenvalue weighted by Crippen LogP contribution is -2.38. The fraction of sp³-hybridized carbons (Fsp3) is 0.364. The maximum Gasteiger partial charge on any atom is 0.307 e. The van der Waals surface area contributed by atoms with Gasteiger partial charge in [-0.1, -0.05) is 55.5 Å². The summed E-state index contributed by atoms with van der Waals surface area (Å²) in [4.78, 5) is 24.4. The Morgan fingerprint density at radius 3 is 2.17 bits per heavy atom. The van der Waals surface area contributed by atoms with E-state index >= 15 is 0 Å². The van der Waals surface area contributed by atoms with Crippen LogP contribution in [0.15, 0.2) is 65.6 Å². The maximum absolute atomic E-state index is 12.2. The molecule has 0 spiro atoms. The van der Waals surface area contributed by atoms with E-state index < -0.39 is 27.8 Å². The molecule has 7 heteroatoms. The highest BCUT2D eigenvalue weighted by Crippen LogP contribution is 2.18. The molecule has 0 saturated heterocycles. The van der Waals surface area contributed by atoms with E-state index in [2.05, 4.69) is 5.32 Å². The van der Waals surface area contributed by atoms with Crippen LogP contribution in [-0.2, 0) is 24.2 Å². The second-order valence-electron chi connectivity index (χ2n) is 6.78. The predicted molar refractivity (Wildman–Crippen MR) is 111 cm³/mol. The predicted octanol–water partition coefficient (Wildman–Crippen LogP) is 3.09. The van der Waals surface area contributed by atoms with Crippen molar-refractivity contribution in [2.24, 2.45) is 0 Å². The molecule has 1 amide bonds. The molecule has 0 aliphatic carbocycles. The summed E-state index contributed by atoms with van der Waals surface area (Å²) in [6, 6.07) is 17.8. The molecule has 0 fully saturated rings. The summed E-state index contributed by atoms with van der Waals surface area (Å²) < 4.78 is 29.5. The molecular weight excluding hydrogens is 390 g/mol. The minimum absolute atomic E-state index is 0.158. The molecular formula is C22H27NO5S. The summed E-state index contributed by atoms with van der Waals surface area (Å²) in [6.45, 7) is 3.95. The lowest BCUT2D eigenvalue weighted by Gasteiger charge is -2.18. The van der Waals surface area contributed by atoms with Gasteiger partial charge >= 0.3 is 5.97 Å². The number of nitrogens with one attached hydrogen (secondary N) is 1. The molecule has 2 aromatic carbocycles. The molecule has 2 atom stereocenters. The summed E-state index contributed by atoms with van der Waals surface area (Å²) in [6.07, 6.45) is -0.443. The molecule has 0 unspecified atom stereocenters. The Balaban J connectivity index is 1.80. The van der Waals surface area contributed by atoms with Crippen LogP contribution < -0.4 is 5.32 Å². The fourth-order valence-corrected chi connectivity index (χ4v) is 4.11. The second-order valence-corrected chi connectivity index (χ2v) is 8.88. The van der Waals surface area contributed by atoms with Gasteiger partial charge in [-0.2, -0.15) is 0 Å². The van der Waals surface area contributed by atoms with Gasteiger partial charge in [-0.3, -0.25) is 9.59 Å². The van der Waals surface area contributed by atoms with Crippen LogP contribution >= 0.6 is 0 Å². The smallest absolute Gasteiger partial charge is 0.307 e. The van der Waals surface area contributed by atoms with Crippen molar-refractivity contribution in [2.75, 3.05) is 12.3 Å². The van der Waals surface area contributed by atoms with E-state index in [1.54, 1.807) is 18.2 Å². The Morgan fingerprint density at radius 2 is 1.59 bits per heavy atom. The van der Waals surface area contributed by atoms with Crippen molar-refractivity contribution in [3.05, 3.63) is 66.2 Å². The van der Waals surface area contributed by atoms with Crippen LogP contribution in [0.25, 0.3) is 0 Å². The molecule has 6 nitrogen and oxygen atoms in total. The van der Waals surface area contributed by atoms with Crippen molar-refractivity contribution < 1.29 is 22.7 Å². The standard InChI is InChI=1S/C22H27NO5S/c1-3-18(19-10-6-4-7-11-19)16-23-22(25)17(2)28-21(24)14-15-29(26,27)20-12-8-5-9-13-20/h4-13,17-18H,3,14-16H2,1-2H3,(H,23,25)/t17-,18+/m0/s1. The molecule has 2 aromatic rings. The third-order valence-corrected chi connectivity index (χ3v) is 6.37. The number of sulfone groups is 1. The first kappa shape index (κ1) is 22.6. The van der Waals surface area contributed by atoms with E-state index in [1.807, 2.05) is 37.3 Å². The van der Waals surface area contributed by atoms with Gasteiger partial charge in [0.25, 0.3) is 5.91 Å². The van der Waals surface area contributed by atoms with Gasteiger partial charge in [-0.05, 0) is 31.0 Å². The Hall–Kier alpha value is -2.67. The van der Waals surface area contributed by atoms with Crippen LogP contribution in [0.2, 0.25) is 0 Å². The van der Waals surface area contributed by atoms with E-state index in [1.165, 1.54) is 19.1 Å². The topological polar surface area (TPSA) is 89.5 Å². The van der Waals surface area contributed by atoms with Gasteiger partial charge < -0.3 is 10.1 Å². The number of hydrogen-bond acceptors (Lipinski definition) is 5. The Labute approximate surface area is 172 Å². The Bertz CT molecular complexity index is 897. The minimum atomic E-state index is -3.57. The van der Waals surface area contributed by atoms with E-state index in [0.29, 0.717) is 6.54 Å². The van der Waals surface area contributed by atoms with Crippen molar-refractivity contribution in [3.8, 4) is 0 Å². The summed E-state index contributed by atoms with van der Waals surface area (Å²) in [5.41, 5.74) is 1.13. The molecule has 2 rings (SSSR count). The van der Waals surface area contributed by atoms with Gasteiger partial charge in [0.05, 0.1) is 17.1 Å². The van der Waals surface area contributed by atoms with Gasteiger partial charge in [0.1, 0.15) is 0 Å². The summed E-state index contributed by atoms with van der Waals surface area (Å²) in [5.74, 6) is -1.32. The van der Waals surface area contributed by atoms with Crippen LogP contribution in [0, 0.1) is 0 Å². The zero-order valence-electron chi connectivity index (χ0n) is 16.7. The molecule has 0 bridgehead atoms. The number of carbonyl (C=O) groups excluding carboxylic acids is 2. The first-order valence-corrected chi connectivity index (χ1v) is 11.3. The largest absolute Gasteiger partial charge is 0.453 e. The van der Waals surface area contributed by atoms with Gasteiger partial charge in [0, 0.05) is 12.5 Å². The number of esters is 1.